The molecule has 4 atom stereocenters. The first kappa shape index (κ1) is 19.2. The van der Waals surface area contributed by atoms with Crippen LogP contribution < -0.4 is 5.32 Å². The summed E-state index contributed by atoms with van der Waals surface area (Å²) in [5.41, 5.74) is 0.507. The molecule has 158 valence electrons. The molecule has 1 aromatic rings. The van der Waals surface area contributed by atoms with Crippen molar-refractivity contribution < 1.29 is 19.3 Å². The second-order valence-electron chi connectivity index (χ2n) is 9.23. The van der Waals surface area contributed by atoms with Gasteiger partial charge in [-0.25, -0.2) is 0 Å². The van der Waals surface area contributed by atoms with Crippen molar-refractivity contribution in [3.8, 4) is 0 Å². The lowest BCUT2D eigenvalue weighted by Crippen LogP contribution is -2.44. The van der Waals surface area contributed by atoms with Crippen LogP contribution in [0.4, 0.5) is 11.4 Å². The van der Waals surface area contributed by atoms with E-state index in [1.807, 2.05) is 0 Å². The lowest BCUT2D eigenvalue weighted by atomic mass is 9.81. The van der Waals surface area contributed by atoms with Crippen LogP contribution in [0.2, 0.25) is 0 Å². The standard InChI is InChI=1S/C22H25N3O5/c26-20(23-15-5-9-17(10-6-15)25(29)30)12-3-7-16(8-4-12)24-21(27)18-13-1-2-14(11-13)19(18)22(24)28/h5-6,9-10,12-14,16,18-19H,1-4,7-8,11H2,(H,23,26)/t12?,13-,14-,16?,18-,19+/m0/s1. The summed E-state index contributed by atoms with van der Waals surface area (Å²) in [6.07, 6.45) is 5.76. The van der Waals surface area contributed by atoms with Crippen LogP contribution in [0.25, 0.3) is 0 Å². The zero-order chi connectivity index (χ0) is 21.0. The van der Waals surface area contributed by atoms with E-state index >= 15 is 0 Å². The number of non-ortho nitro benzene ring substituents is 1. The predicted octanol–water partition coefficient (Wildman–Crippen LogP) is 3.12. The first-order valence-corrected chi connectivity index (χ1v) is 10.9. The summed E-state index contributed by atoms with van der Waals surface area (Å²) in [6, 6.07) is 5.69. The Hall–Kier alpha value is -2.77. The van der Waals surface area contributed by atoms with Gasteiger partial charge in [-0.1, -0.05) is 0 Å². The van der Waals surface area contributed by atoms with Gasteiger partial charge in [-0.15, -0.1) is 0 Å². The minimum atomic E-state index is -0.479. The van der Waals surface area contributed by atoms with Crippen LogP contribution in [0.3, 0.4) is 0 Å². The lowest BCUT2D eigenvalue weighted by molar-refractivity contribution is -0.384. The molecule has 0 unspecified atom stereocenters. The number of nitro benzene ring substituents is 1. The first-order valence-electron chi connectivity index (χ1n) is 10.9. The summed E-state index contributed by atoms with van der Waals surface area (Å²) < 4.78 is 0. The SMILES string of the molecule is O=C(Nc1ccc([N+](=O)[O-])cc1)C1CCC(N2C(=O)[C@@H]3[C@H]4CC[C@@H](C4)[C@@H]3C2=O)CC1. The van der Waals surface area contributed by atoms with Crippen LogP contribution in [-0.2, 0) is 14.4 Å². The van der Waals surface area contributed by atoms with E-state index in [1.165, 1.54) is 24.3 Å². The number of carbonyl (C=O) groups is 3. The van der Waals surface area contributed by atoms with Crippen LogP contribution in [0.15, 0.2) is 24.3 Å². The zero-order valence-corrected chi connectivity index (χ0v) is 16.7. The van der Waals surface area contributed by atoms with E-state index in [2.05, 4.69) is 5.32 Å². The topological polar surface area (TPSA) is 110 Å². The van der Waals surface area contributed by atoms with Gasteiger partial charge in [0.25, 0.3) is 5.69 Å². The van der Waals surface area contributed by atoms with Gasteiger partial charge in [-0.2, -0.15) is 0 Å². The van der Waals surface area contributed by atoms with Crippen LogP contribution >= 0.6 is 0 Å². The maximum absolute atomic E-state index is 13.0. The second kappa shape index (κ2) is 7.18. The number of carbonyl (C=O) groups excluding carboxylic acids is 3. The fourth-order valence-electron chi connectivity index (χ4n) is 6.30. The molecule has 5 rings (SSSR count). The van der Waals surface area contributed by atoms with Gasteiger partial charge in [-0.05, 0) is 68.9 Å². The van der Waals surface area contributed by atoms with E-state index in [9.17, 15) is 24.5 Å². The van der Waals surface area contributed by atoms with Crippen LogP contribution in [0.5, 0.6) is 0 Å². The number of amides is 3. The fourth-order valence-corrected chi connectivity index (χ4v) is 6.30. The number of nitrogens with one attached hydrogen (secondary N) is 1. The minimum absolute atomic E-state index is 0.0216. The third-order valence-corrected chi connectivity index (χ3v) is 7.74. The Labute approximate surface area is 174 Å². The molecule has 8 nitrogen and oxygen atoms in total. The third kappa shape index (κ3) is 3.00. The Morgan fingerprint density at radius 2 is 1.50 bits per heavy atom. The molecule has 3 amide bonds. The average molecular weight is 411 g/mol. The number of likely N-dealkylation sites (tertiary alicyclic amines) is 1. The van der Waals surface area contributed by atoms with Crippen LogP contribution in [0, 0.1) is 39.7 Å². The van der Waals surface area contributed by atoms with Crippen LogP contribution in [0.1, 0.15) is 44.9 Å². The van der Waals surface area contributed by atoms with Crippen molar-refractivity contribution in [1.29, 1.82) is 0 Å². The highest BCUT2D eigenvalue weighted by Crippen LogP contribution is 2.56. The monoisotopic (exact) mass is 411 g/mol. The maximum atomic E-state index is 13.0. The summed E-state index contributed by atoms with van der Waals surface area (Å²) in [5, 5.41) is 13.6. The van der Waals surface area contributed by atoms with Crippen molar-refractivity contribution >= 4 is 29.1 Å². The van der Waals surface area contributed by atoms with E-state index in [1.54, 1.807) is 4.90 Å². The second-order valence-corrected chi connectivity index (χ2v) is 9.23. The number of nitro groups is 1. The predicted molar refractivity (Wildman–Crippen MR) is 107 cm³/mol. The molecule has 1 saturated heterocycles. The summed E-state index contributed by atoms with van der Waals surface area (Å²) in [7, 11) is 0. The highest BCUT2D eigenvalue weighted by molar-refractivity contribution is 6.06. The number of imide groups is 1. The third-order valence-electron chi connectivity index (χ3n) is 7.74. The Morgan fingerprint density at radius 1 is 0.933 bits per heavy atom. The van der Waals surface area contributed by atoms with Crippen molar-refractivity contribution in [3.05, 3.63) is 34.4 Å². The van der Waals surface area contributed by atoms with Crippen molar-refractivity contribution in [2.24, 2.45) is 29.6 Å². The quantitative estimate of drug-likeness (QED) is 0.465. The minimum Gasteiger partial charge on any atom is -0.326 e. The molecule has 1 aromatic carbocycles. The molecule has 3 saturated carbocycles. The molecule has 0 spiro atoms. The normalized spacial score (nSPS) is 34.9. The molecule has 3 aliphatic carbocycles. The van der Waals surface area contributed by atoms with Gasteiger partial charge < -0.3 is 5.32 Å². The molecule has 4 aliphatic rings. The van der Waals surface area contributed by atoms with Gasteiger partial charge >= 0.3 is 0 Å². The van der Waals surface area contributed by atoms with E-state index in [4.69, 9.17) is 0 Å². The van der Waals surface area contributed by atoms with Gasteiger partial charge in [0, 0.05) is 29.8 Å². The highest BCUT2D eigenvalue weighted by atomic mass is 16.6. The summed E-state index contributed by atoms with van der Waals surface area (Å²) in [4.78, 5) is 50.4. The lowest BCUT2D eigenvalue weighted by Gasteiger charge is -2.33. The number of benzene rings is 1. The van der Waals surface area contributed by atoms with Crippen LogP contribution in [-0.4, -0.2) is 33.6 Å². The number of hydrogen-bond acceptors (Lipinski definition) is 5. The Balaban J connectivity index is 1.18. The van der Waals surface area contributed by atoms with Crippen molar-refractivity contribution in [2.45, 2.75) is 51.0 Å². The van der Waals surface area contributed by atoms with E-state index in [-0.39, 0.29) is 47.2 Å². The largest absolute Gasteiger partial charge is 0.326 e. The average Bonchev–Trinajstić information content (AvgIpc) is 3.42. The van der Waals surface area contributed by atoms with Crippen molar-refractivity contribution in [1.82, 2.24) is 4.90 Å². The fraction of sp³-hybridized carbons (Fsp3) is 0.591. The molecular formula is C22H25N3O5. The number of fused-ring (bicyclic) bond motifs is 5. The van der Waals surface area contributed by atoms with Gasteiger partial charge in [0.2, 0.25) is 17.7 Å². The molecular weight excluding hydrogens is 386 g/mol. The number of hydrogen-bond donors (Lipinski definition) is 1. The molecule has 1 N–H and O–H groups in total. The van der Waals surface area contributed by atoms with Gasteiger partial charge in [0.1, 0.15) is 0 Å². The van der Waals surface area contributed by atoms with Crippen molar-refractivity contribution in [2.75, 3.05) is 5.32 Å². The van der Waals surface area contributed by atoms with E-state index < -0.39 is 4.92 Å². The first-order chi connectivity index (χ1) is 14.4. The zero-order valence-electron chi connectivity index (χ0n) is 16.7. The Bertz CT molecular complexity index is 878. The molecule has 0 radical (unpaired) electrons. The maximum Gasteiger partial charge on any atom is 0.269 e. The molecule has 0 aromatic heterocycles. The van der Waals surface area contributed by atoms with E-state index in [0.717, 1.165) is 19.3 Å². The molecule has 1 aliphatic heterocycles. The number of anilines is 1. The molecule has 8 heteroatoms. The number of rotatable bonds is 4. The highest BCUT2D eigenvalue weighted by Gasteiger charge is 2.61. The Kier molecular flexibility index (Phi) is 4.60. The Morgan fingerprint density at radius 3 is 2.03 bits per heavy atom. The van der Waals surface area contributed by atoms with E-state index in [0.29, 0.717) is 43.2 Å². The summed E-state index contributed by atoms with van der Waals surface area (Å²) in [5.74, 6) is 0.400. The van der Waals surface area contributed by atoms with Crippen molar-refractivity contribution in [3.63, 3.8) is 0 Å². The summed E-state index contributed by atoms with van der Waals surface area (Å²) >= 11 is 0. The molecule has 30 heavy (non-hydrogen) atoms. The molecule has 4 fully saturated rings. The molecule has 2 bridgehead atoms. The summed E-state index contributed by atoms with van der Waals surface area (Å²) in [6.45, 7) is 0. The smallest absolute Gasteiger partial charge is 0.269 e. The van der Waals surface area contributed by atoms with Gasteiger partial charge in [-0.3, -0.25) is 29.4 Å². The molecule has 1 heterocycles. The van der Waals surface area contributed by atoms with Gasteiger partial charge in [0.15, 0.2) is 0 Å². The van der Waals surface area contributed by atoms with Gasteiger partial charge in [0.05, 0.1) is 16.8 Å². The number of nitrogens with zero attached hydrogens (tertiary/aromatic N) is 2.